The number of nitrogens with two attached hydrogens (primary N) is 1. The van der Waals surface area contributed by atoms with Crippen LogP contribution in [0.15, 0.2) is 140 Å². The molecule has 0 radical (unpaired) electrons. The molecule has 0 saturated heterocycles. The lowest BCUT2D eigenvalue weighted by Gasteiger charge is -2.15. The molecule has 2 N–H and O–H groups in total. The van der Waals surface area contributed by atoms with Crippen LogP contribution in [-0.2, 0) is 6.54 Å². The van der Waals surface area contributed by atoms with Gasteiger partial charge in [-0.25, -0.2) is 0 Å². The summed E-state index contributed by atoms with van der Waals surface area (Å²) < 4.78 is 8.95. The molecular formula is C38H32N2O. The number of nitrogen functional groups attached to an aromatic ring is 1. The van der Waals surface area contributed by atoms with Crippen LogP contribution in [0.25, 0.3) is 33.7 Å². The van der Waals surface area contributed by atoms with E-state index in [1.54, 1.807) is 0 Å². The Morgan fingerprint density at radius 1 is 0.707 bits per heavy atom. The standard InChI is InChI=1S/C31H23NO.C7H9N/c1-22-16-19-28-31(33-30-15-9-8-14-26(22)30)27-18-17-25(24-12-6-3-7-13-24)20-29(27)32(28)21-23-10-4-2-5-11-23;1-6-4-2-3-5-7(6)8/h2-20H,1,21H2;2-5H,8H2,1H3/b19-16-;. The fourth-order valence-corrected chi connectivity index (χ4v) is 5.14. The van der Waals surface area contributed by atoms with E-state index >= 15 is 0 Å². The highest BCUT2D eigenvalue weighted by Crippen LogP contribution is 2.43. The smallest absolute Gasteiger partial charge is 0.160 e. The summed E-state index contributed by atoms with van der Waals surface area (Å²) in [6.45, 7) is 7.03. The number of rotatable bonds is 3. The van der Waals surface area contributed by atoms with Gasteiger partial charge in [0.2, 0.25) is 0 Å². The number of hydrogen-bond donors (Lipinski definition) is 1. The number of hydrogen-bond acceptors (Lipinski definition) is 2. The third-order valence-corrected chi connectivity index (χ3v) is 7.42. The molecule has 0 spiro atoms. The lowest BCUT2D eigenvalue weighted by Crippen LogP contribution is -2.03. The van der Waals surface area contributed by atoms with Crippen LogP contribution in [0.5, 0.6) is 11.5 Å². The van der Waals surface area contributed by atoms with Crippen LogP contribution >= 0.6 is 0 Å². The van der Waals surface area contributed by atoms with Gasteiger partial charge in [0.15, 0.2) is 5.75 Å². The topological polar surface area (TPSA) is 40.2 Å². The number of aromatic nitrogens is 1. The zero-order valence-corrected chi connectivity index (χ0v) is 23.1. The second-order valence-electron chi connectivity index (χ2n) is 10.2. The minimum Gasteiger partial charge on any atom is -0.454 e. The summed E-state index contributed by atoms with van der Waals surface area (Å²) in [5, 5.41) is 1.10. The van der Waals surface area contributed by atoms with Crippen molar-refractivity contribution in [3.05, 3.63) is 162 Å². The van der Waals surface area contributed by atoms with E-state index in [1.807, 2.05) is 49.4 Å². The molecule has 0 aliphatic carbocycles. The van der Waals surface area contributed by atoms with Crippen LogP contribution in [0.3, 0.4) is 0 Å². The molecule has 0 amide bonds. The Morgan fingerprint density at radius 3 is 2.12 bits per heavy atom. The molecule has 200 valence electrons. The van der Waals surface area contributed by atoms with Gasteiger partial charge in [0, 0.05) is 23.2 Å². The minimum atomic E-state index is 0.757. The van der Waals surface area contributed by atoms with Crippen molar-refractivity contribution in [1.82, 2.24) is 4.57 Å². The first-order valence-corrected chi connectivity index (χ1v) is 13.8. The van der Waals surface area contributed by atoms with Crippen molar-refractivity contribution in [2.75, 3.05) is 5.73 Å². The van der Waals surface area contributed by atoms with E-state index < -0.39 is 0 Å². The first kappa shape index (κ1) is 26.0. The van der Waals surface area contributed by atoms with Crippen LogP contribution in [0.4, 0.5) is 5.69 Å². The highest BCUT2D eigenvalue weighted by molar-refractivity contribution is 5.96. The summed E-state index contributed by atoms with van der Waals surface area (Å²) in [6.07, 6.45) is 4.23. The summed E-state index contributed by atoms with van der Waals surface area (Å²) >= 11 is 0. The maximum atomic E-state index is 6.60. The van der Waals surface area contributed by atoms with Crippen molar-refractivity contribution in [3.8, 4) is 22.6 Å². The molecule has 41 heavy (non-hydrogen) atoms. The van der Waals surface area contributed by atoms with Crippen molar-refractivity contribution in [1.29, 1.82) is 0 Å². The van der Waals surface area contributed by atoms with Crippen LogP contribution in [0, 0.1) is 6.92 Å². The zero-order chi connectivity index (χ0) is 28.2. The third-order valence-electron chi connectivity index (χ3n) is 7.42. The summed E-state index contributed by atoms with van der Waals surface area (Å²) in [5.41, 5.74) is 15.3. The van der Waals surface area contributed by atoms with Gasteiger partial charge in [-0.15, -0.1) is 0 Å². The Labute approximate surface area is 241 Å². The molecule has 5 aromatic carbocycles. The summed E-state index contributed by atoms with van der Waals surface area (Å²) in [4.78, 5) is 0. The SMILES string of the molecule is C=C1/C=C\c2c(c3ccc(-c4ccccc4)cc3n2Cc2ccccc2)Oc2ccccc21.Cc1ccccc1N. The van der Waals surface area contributed by atoms with Crippen LogP contribution in [0.1, 0.15) is 22.4 Å². The van der Waals surface area contributed by atoms with Crippen molar-refractivity contribution in [2.45, 2.75) is 13.5 Å². The van der Waals surface area contributed by atoms with Gasteiger partial charge in [-0.2, -0.15) is 0 Å². The molecule has 7 rings (SSSR count). The quantitative estimate of drug-likeness (QED) is 0.230. The molecule has 1 aliphatic heterocycles. The van der Waals surface area contributed by atoms with E-state index in [1.165, 1.54) is 16.7 Å². The van der Waals surface area contributed by atoms with Gasteiger partial charge in [0.05, 0.1) is 11.2 Å². The summed E-state index contributed by atoms with van der Waals surface area (Å²) in [5.74, 6) is 1.72. The number of allylic oxidation sites excluding steroid dienone is 2. The number of fused-ring (bicyclic) bond motifs is 4. The number of nitrogens with zero attached hydrogens (tertiary/aromatic N) is 1. The van der Waals surface area contributed by atoms with E-state index in [0.717, 1.165) is 57.0 Å². The third kappa shape index (κ3) is 5.43. The van der Waals surface area contributed by atoms with Crippen LogP contribution in [-0.4, -0.2) is 4.57 Å². The Kier molecular flexibility index (Phi) is 7.25. The molecule has 0 fully saturated rings. The Balaban J connectivity index is 0.000000328. The molecule has 0 bridgehead atoms. The minimum absolute atomic E-state index is 0.757. The van der Waals surface area contributed by atoms with Gasteiger partial charge in [0.1, 0.15) is 5.75 Å². The molecule has 0 unspecified atom stereocenters. The molecule has 6 aromatic rings. The van der Waals surface area contributed by atoms with Crippen molar-refractivity contribution >= 4 is 28.2 Å². The molecule has 1 aromatic heterocycles. The second kappa shape index (κ2) is 11.4. The second-order valence-corrected chi connectivity index (χ2v) is 10.2. The number of para-hydroxylation sites is 2. The van der Waals surface area contributed by atoms with E-state index in [4.69, 9.17) is 10.5 Å². The van der Waals surface area contributed by atoms with Crippen LogP contribution < -0.4 is 10.5 Å². The Bertz CT molecular complexity index is 1840. The number of anilines is 1. The van der Waals surface area contributed by atoms with Gasteiger partial charge in [-0.05, 0) is 65.1 Å². The maximum Gasteiger partial charge on any atom is 0.160 e. The van der Waals surface area contributed by atoms with Gasteiger partial charge < -0.3 is 15.0 Å². The molecule has 0 saturated carbocycles. The number of benzene rings is 5. The van der Waals surface area contributed by atoms with Crippen molar-refractivity contribution in [3.63, 3.8) is 0 Å². The van der Waals surface area contributed by atoms with E-state index in [0.29, 0.717) is 0 Å². The Morgan fingerprint density at radius 2 is 1.39 bits per heavy atom. The average Bonchev–Trinajstić information content (AvgIpc) is 3.28. The first-order valence-electron chi connectivity index (χ1n) is 13.8. The zero-order valence-electron chi connectivity index (χ0n) is 23.1. The van der Waals surface area contributed by atoms with E-state index in [2.05, 4.69) is 108 Å². The van der Waals surface area contributed by atoms with Gasteiger partial charge in [0.25, 0.3) is 0 Å². The van der Waals surface area contributed by atoms with Gasteiger partial charge in [-0.3, -0.25) is 0 Å². The van der Waals surface area contributed by atoms with Crippen molar-refractivity contribution in [2.24, 2.45) is 0 Å². The fourth-order valence-electron chi connectivity index (χ4n) is 5.14. The molecule has 2 heterocycles. The largest absolute Gasteiger partial charge is 0.454 e. The lowest BCUT2D eigenvalue weighted by atomic mass is 10.0. The maximum absolute atomic E-state index is 6.60. The lowest BCUT2D eigenvalue weighted by molar-refractivity contribution is 0.482. The molecule has 3 heteroatoms. The molecular weight excluding hydrogens is 500 g/mol. The predicted molar refractivity (Wildman–Crippen MR) is 173 cm³/mol. The fraction of sp³-hybridized carbons (Fsp3) is 0.0526. The highest BCUT2D eigenvalue weighted by atomic mass is 16.5. The summed E-state index contributed by atoms with van der Waals surface area (Å²) in [6, 6.07) is 43.6. The van der Waals surface area contributed by atoms with Gasteiger partial charge in [-0.1, -0.05) is 116 Å². The Hall–Kier alpha value is -5.28. The van der Waals surface area contributed by atoms with Crippen LogP contribution in [0.2, 0.25) is 0 Å². The monoisotopic (exact) mass is 532 g/mol. The van der Waals surface area contributed by atoms with E-state index in [9.17, 15) is 0 Å². The molecule has 1 aliphatic rings. The highest BCUT2D eigenvalue weighted by Gasteiger charge is 2.21. The average molecular weight is 533 g/mol. The normalized spacial score (nSPS) is 12.7. The molecule has 3 nitrogen and oxygen atoms in total. The molecule has 0 atom stereocenters. The predicted octanol–water partition coefficient (Wildman–Crippen LogP) is 9.77. The van der Waals surface area contributed by atoms with Crippen molar-refractivity contribution < 1.29 is 4.74 Å². The number of ether oxygens (including phenoxy) is 1. The van der Waals surface area contributed by atoms with Gasteiger partial charge >= 0.3 is 0 Å². The van der Waals surface area contributed by atoms with E-state index in [-0.39, 0.29) is 0 Å². The number of aryl methyl sites for hydroxylation is 1. The first-order chi connectivity index (χ1) is 20.1. The summed E-state index contributed by atoms with van der Waals surface area (Å²) in [7, 11) is 0.